The Morgan fingerprint density at radius 3 is 2.61 bits per heavy atom. The van der Waals surface area contributed by atoms with Crippen molar-refractivity contribution in [1.29, 1.82) is 0 Å². The van der Waals surface area contributed by atoms with Crippen molar-refractivity contribution < 1.29 is 4.79 Å². The van der Waals surface area contributed by atoms with Gasteiger partial charge < -0.3 is 30.0 Å². The van der Waals surface area contributed by atoms with Crippen molar-refractivity contribution in [2.45, 2.75) is 31.7 Å². The molecule has 0 unspecified atom stereocenters. The maximum absolute atomic E-state index is 13.0. The lowest BCUT2D eigenvalue weighted by atomic mass is 10.2. The molecule has 0 radical (unpaired) electrons. The van der Waals surface area contributed by atoms with Crippen molar-refractivity contribution in [2.24, 2.45) is 0 Å². The van der Waals surface area contributed by atoms with E-state index in [1.54, 1.807) is 37.5 Å². The molecule has 3 aromatic rings. The summed E-state index contributed by atoms with van der Waals surface area (Å²) in [6.45, 7) is 2.41. The molecule has 1 saturated heterocycles. The van der Waals surface area contributed by atoms with E-state index in [1.807, 2.05) is 12.1 Å². The molecular weight excluding hydrogens is 420 g/mol. The quantitative estimate of drug-likeness (QED) is 0.454. The van der Waals surface area contributed by atoms with Gasteiger partial charge >= 0.3 is 0 Å². The van der Waals surface area contributed by atoms with Crippen LogP contribution in [0, 0.1) is 5.21 Å². The zero-order valence-corrected chi connectivity index (χ0v) is 19.1. The van der Waals surface area contributed by atoms with Gasteiger partial charge in [-0.15, -0.1) is 0 Å². The molecule has 174 valence electrons. The van der Waals surface area contributed by atoms with E-state index in [9.17, 15) is 10.0 Å². The lowest BCUT2D eigenvalue weighted by Crippen LogP contribution is -2.55. The van der Waals surface area contributed by atoms with Gasteiger partial charge in [0.25, 0.3) is 5.91 Å². The van der Waals surface area contributed by atoms with Crippen LogP contribution in [0.5, 0.6) is 0 Å². The molecule has 3 aromatic heterocycles. The number of pyridine rings is 1. The fourth-order valence-corrected chi connectivity index (χ4v) is 4.82. The summed E-state index contributed by atoms with van der Waals surface area (Å²) in [5, 5.41) is 20.2. The van der Waals surface area contributed by atoms with Crippen LogP contribution in [-0.4, -0.2) is 70.6 Å². The van der Waals surface area contributed by atoms with Gasteiger partial charge in [0.2, 0.25) is 5.95 Å². The van der Waals surface area contributed by atoms with Gasteiger partial charge in [0.05, 0.1) is 19.3 Å². The van der Waals surface area contributed by atoms with Gasteiger partial charge in [-0.2, -0.15) is 4.98 Å². The molecule has 2 fully saturated rings. The summed E-state index contributed by atoms with van der Waals surface area (Å²) in [4.78, 5) is 28.1. The van der Waals surface area contributed by atoms with Gasteiger partial charge in [0.1, 0.15) is 17.2 Å². The van der Waals surface area contributed by atoms with Crippen LogP contribution in [0.25, 0.3) is 11.0 Å². The van der Waals surface area contributed by atoms with E-state index in [1.165, 1.54) is 0 Å². The van der Waals surface area contributed by atoms with Crippen LogP contribution in [0.2, 0.25) is 0 Å². The Morgan fingerprint density at radius 1 is 1.18 bits per heavy atom. The standard InChI is InChI=1S/C23H30N8O2/c1-29(2)22(32)19-13-16-14-26-23(28-21(16)30(19)17-5-3-4-6-17)27-20-8-7-18(15-25-20)31(33)11-9-24-10-12-31/h7-8,13-15,17,24H,3-6,9-12H2,1-2H3,(H,25,26,27,28). The minimum Gasteiger partial charge on any atom is -0.627 e. The SMILES string of the molecule is CN(C)C(=O)c1cc2cnc(Nc3ccc([N+]4([O-])CCNCC4)cn3)nc2n1C1CCCC1. The summed E-state index contributed by atoms with van der Waals surface area (Å²) < 4.78 is 1.73. The number of amides is 1. The molecule has 2 aliphatic rings. The Balaban J connectivity index is 1.44. The summed E-state index contributed by atoms with van der Waals surface area (Å²) in [7, 11) is 3.53. The smallest absolute Gasteiger partial charge is 0.270 e. The highest BCUT2D eigenvalue weighted by Gasteiger charge is 2.27. The second kappa shape index (κ2) is 8.69. The third kappa shape index (κ3) is 4.17. The summed E-state index contributed by atoms with van der Waals surface area (Å²) in [6.07, 6.45) is 7.77. The van der Waals surface area contributed by atoms with E-state index in [2.05, 4.69) is 25.2 Å². The minimum absolute atomic E-state index is 0.0331. The van der Waals surface area contributed by atoms with Crippen LogP contribution in [-0.2, 0) is 0 Å². The Morgan fingerprint density at radius 2 is 1.94 bits per heavy atom. The predicted molar refractivity (Wildman–Crippen MR) is 128 cm³/mol. The normalized spacial score (nSPS) is 18.5. The minimum atomic E-state index is -0.361. The summed E-state index contributed by atoms with van der Waals surface area (Å²) >= 11 is 0. The van der Waals surface area contributed by atoms with Gasteiger partial charge in [-0.05, 0) is 25.0 Å². The molecule has 0 spiro atoms. The fourth-order valence-electron chi connectivity index (χ4n) is 4.82. The van der Waals surface area contributed by atoms with E-state index in [4.69, 9.17) is 4.98 Å². The molecule has 4 heterocycles. The van der Waals surface area contributed by atoms with Gasteiger partial charge in [0, 0.05) is 50.9 Å². The lowest BCUT2D eigenvalue weighted by molar-refractivity contribution is 0.0815. The zero-order valence-electron chi connectivity index (χ0n) is 19.1. The van der Waals surface area contributed by atoms with E-state index < -0.39 is 0 Å². The molecule has 0 bridgehead atoms. The molecule has 1 saturated carbocycles. The van der Waals surface area contributed by atoms with E-state index >= 15 is 0 Å². The number of anilines is 2. The second-order valence-electron chi connectivity index (χ2n) is 9.12. The average Bonchev–Trinajstić information content (AvgIpc) is 3.47. The third-order valence-corrected chi connectivity index (χ3v) is 6.65. The topological polar surface area (TPSA) is 111 Å². The number of hydrogen-bond acceptors (Lipinski definition) is 7. The van der Waals surface area contributed by atoms with Crippen molar-refractivity contribution in [3.8, 4) is 0 Å². The first-order chi connectivity index (χ1) is 15.9. The number of nitrogens with one attached hydrogen (secondary N) is 2. The van der Waals surface area contributed by atoms with Crippen LogP contribution < -0.4 is 15.3 Å². The predicted octanol–water partition coefficient (Wildman–Crippen LogP) is 2.80. The number of hydrogen-bond donors (Lipinski definition) is 2. The van der Waals surface area contributed by atoms with Crippen LogP contribution >= 0.6 is 0 Å². The Hall–Kier alpha value is -3.08. The molecular formula is C23H30N8O2. The van der Waals surface area contributed by atoms with E-state index in [-0.39, 0.29) is 16.6 Å². The number of piperazine rings is 1. The van der Waals surface area contributed by atoms with Crippen molar-refractivity contribution in [2.75, 3.05) is 45.6 Å². The first-order valence-electron chi connectivity index (χ1n) is 11.6. The molecule has 0 atom stereocenters. The maximum Gasteiger partial charge on any atom is 0.270 e. The van der Waals surface area contributed by atoms with Gasteiger partial charge in [-0.1, -0.05) is 12.8 Å². The maximum atomic E-state index is 13.0. The number of rotatable bonds is 5. The Kier molecular flexibility index (Phi) is 5.73. The lowest BCUT2D eigenvalue weighted by Gasteiger charge is -2.44. The van der Waals surface area contributed by atoms with Crippen LogP contribution in [0.4, 0.5) is 17.5 Å². The zero-order chi connectivity index (χ0) is 23.0. The summed E-state index contributed by atoms with van der Waals surface area (Å²) in [5.41, 5.74) is 2.06. The third-order valence-electron chi connectivity index (χ3n) is 6.65. The number of quaternary nitrogens is 1. The molecule has 10 nitrogen and oxygen atoms in total. The number of fused-ring (bicyclic) bond motifs is 1. The van der Waals surface area contributed by atoms with E-state index in [0.717, 1.165) is 36.7 Å². The largest absolute Gasteiger partial charge is 0.627 e. The fraction of sp³-hybridized carbons (Fsp3) is 0.478. The van der Waals surface area contributed by atoms with Crippen LogP contribution in [0.1, 0.15) is 42.2 Å². The highest BCUT2D eigenvalue weighted by Crippen LogP contribution is 2.35. The van der Waals surface area contributed by atoms with Crippen LogP contribution in [0.3, 0.4) is 0 Å². The number of aromatic nitrogens is 4. The molecule has 0 aromatic carbocycles. The molecule has 5 rings (SSSR count). The van der Waals surface area contributed by atoms with Crippen LogP contribution in [0.15, 0.2) is 30.6 Å². The monoisotopic (exact) mass is 450 g/mol. The van der Waals surface area contributed by atoms with Gasteiger partial charge in [0.15, 0.2) is 5.69 Å². The van der Waals surface area contributed by atoms with Crippen molar-refractivity contribution >= 4 is 34.4 Å². The average molecular weight is 451 g/mol. The molecule has 10 heteroatoms. The van der Waals surface area contributed by atoms with Crippen molar-refractivity contribution in [1.82, 2.24) is 34.4 Å². The number of carbonyl (C=O) groups excluding carboxylic acids is 1. The summed E-state index contributed by atoms with van der Waals surface area (Å²) in [6, 6.07) is 5.76. The number of nitrogens with zero attached hydrogens (tertiary/aromatic N) is 6. The number of carbonyl (C=O) groups is 1. The number of hydroxylamine groups is 2. The van der Waals surface area contributed by atoms with Crippen molar-refractivity contribution in [3.63, 3.8) is 0 Å². The van der Waals surface area contributed by atoms with E-state index in [0.29, 0.717) is 49.3 Å². The molecule has 1 aliphatic carbocycles. The second-order valence-corrected chi connectivity index (χ2v) is 9.12. The Labute approximate surface area is 192 Å². The van der Waals surface area contributed by atoms with Gasteiger partial charge in [-0.25, -0.2) is 9.97 Å². The highest BCUT2D eigenvalue weighted by molar-refractivity contribution is 5.97. The molecule has 33 heavy (non-hydrogen) atoms. The molecule has 2 N–H and O–H groups in total. The first-order valence-corrected chi connectivity index (χ1v) is 11.6. The first kappa shape index (κ1) is 21.7. The van der Waals surface area contributed by atoms with Crippen molar-refractivity contribution in [3.05, 3.63) is 41.5 Å². The molecule has 1 amide bonds. The summed E-state index contributed by atoms with van der Waals surface area (Å²) in [5.74, 6) is 0.954. The van der Waals surface area contributed by atoms with Gasteiger partial charge in [-0.3, -0.25) is 4.79 Å². The Bertz CT molecular complexity index is 1150. The molecule has 1 aliphatic heterocycles. The highest BCUT2D eigenvalue weighted by atomic mass is 16.5.